The first-order chi connectivity index (χ1) is 14.5. The third kappa shape index (κ3) is 4.88. The Hall–Kier alpha value is -2.71. The van der Waals surface area contributed by atoms with E-state index in [1.165, 1.54) is 0 Å². The number of likely N-dealkylation sites (N-methyl/N-ethyl adjacent to an activating group) is 1. The SMILES string of the molecule is CN1CCN(c2ccc(C(=O)NC[C@]3(O)CCCN(c4cnccn4)C3)cc2)CC1. The van der Waals surface area contributed by atoms with Crippen molar-refractivity contribution in [3.8, 4) is 0 Å². The molecule has 0 saturated carbocycles. The highest BCUT2D eigenvalue weighted by Gasteiger charge is 2.34. The monoisotopic (exact) mass is 410 g/mol. The van der Waals surface area contributed by atoms with E-state index >= 15 is 0 Å². The molecule has 2 N–H and O–H groups in total. The second-order valence-electron chi connectivity index (χ2n) is 8.33. The van der Waals surface area contributed by atoms with Crippen molar-refractivity contribution < 1.29 is 9.90 Å². The number of β-amino-alcohol motifs (C(OH)–C–C–N with tert-alkyl or cyclic N) is 1. The standard InChI is InChI=1S/C22H30N6O2/c1-26-11-13-27(14-12-26)19-5-3-18(4-6-19)21(29)25-16-22(30)7-2-10-28(17-22)20-15-23-8-9-24-20/h3-6,8-9,15,30H,2,7,10-14,16-17H2,1H3,(H,25,29)/t22-/m1/s1. The van der Waals surface area contributed by atoms with Gasteiger partial charge in [-0.25, -0.2) is 4.98 Å². The third-order valence-corrected chi connectivity index (χ3v) is 6.00. The van der Waals surface area contributed by atoms with Gasteiger partial charge in [0.15, 0.2) is 0 Å². The molecule has 2 aliphatic heterocycles. The van der Waals surface area contributed by atoms with E-state index in [0.29, 0.717) is 18.5 Å². The molecular weight excluding hydrogens is 380 g/mol. The molecule has 0 spiro atoms. The van der Waals surface area contributed by atoms with Crippen LogP contribution in [-0.2, 0) is 0 Å². The van der Waals surface area contributed by atoms with Crippen molar-refractivity contribution in [2.75, 3.05) is 62.7 Å². The number of amides is 1. The van der Waals surface area contributed by atoms with Crippen molar-refractivity contribution in [3.05, 3.63) is 48.4 Å². The van der Waals surface area contributed by atoms with Crippen LogP contribution in [0.1, 0.15) is 23.2 Å². The summed E-state index contributed by atoms with van der Waals surface area (Å²) in [6.45, 7) is 5.55. The van der Waals surface area contributed by atoms with Gasteiger partial charge in [-0.05, 0) is 44.2 Å². The zero-order valence-electron chi connectivity index (χ0n) is 17.5. The van der Waals surface area contributed by atoms with E-state index in [2.05, 4.69) is 32.1 Å². The van der Waals surface area contributed by atoms with Gasteiger partial charge in [0.1, 0.15) is 5.82 Å². The quantitative estimate of drug-likeness (QED) is 0.760. The van der Waals surface area contributed by atoms with Crippen molar-refractivity contribution >= 4 is 17.4 Å². The smallest absolute Gasteiger partial charge is 0.251 e. The normalized spacial score (nSPS) is 22.7. The van der Waals surface area contributed by atoms with Crippen LogP contribution in [0.25, 0.3) is 0 Å². The highest BCUT2D eigenvalue weighted by atomic mass is 16.3. The number of hydrogen-bond donors (Lipinski definition) is 2. The maximum absolute atomic E-state index is 12.6. The van der Waals surface area contributed by atoms with E-state index in [0.717, 1.165) is 50.6 Å². The third-order valence-electron chi connectivity index (χ3n) is 6.00. The number of aliphatic hydroxyl groups is 1. The Morgan fingerprint density at radius 1 is 1.10 bits per heavy atom. The van der Waals surface area contributed by atoms with Gasteiger partial charge < -0.3 is 25.1 Å². The molecule has 0 radical (unpaired) electrons. The molecule has 2 aromatic rings. The number of aromatic nitrogens is 2. The summed E-state index contributed by atoms with van der Waals surface area (Å²) in [6, 6.07) is 7.73. The first-order valence-electron chi connectivity index (χ1n) is 10.6. The van der Waals surface area contributed by atoms with Gasteiger partial charge in [-0.3, -0.25) is 9.78 Å². The van der Waals surface area contributed by atoms with Gasteiger partial charge in [0.05, 0.1) is 11.8 Å². The molecule has 0 bridgehead atoms. The predicted molar refractivity (Wildman–Crippen MR) is 117 cm³/mol. The number of carbonyl (C=O) groups is 1. The molecule has 1 aromatic heterocycles. The Labute approximate surface area is 177 Å². The number of piperidine rings is 1. The number of rotatable bonds is 5. The molecule has 8 heteroatoms. The summed E-state index contributed by atoms with van der Waals surface area (Å²) in [4.78, 5) is 27.7. The molecule has 30 heavy (non-hydrogen) atoms. The number of hydrogen-bond acceptors (Lipinski definition) is 7. The van der Waals surface area contributed by atoms with Crippen LogP contribution in [-0.4, -0.2) is 84.3 Å². The van der Waals surface area contributed by atoms with Gasteiger partial charge in [-0.1, -0.05) is 0 Å². The largest absolute Gasteiger partial charge is 0.386 e. The molecule has 160 valence electrons. The lowest BCUT2D eigenvalue weighted by Gasteiger charge is -2.39. The zero-order valence-corrected chi connectivity index (χ0v) is 17.5. The molecule has 1 aromatic carbocycles. The van der Waals surface area contributed by atoms with E-state index in [4.69, 9.17) is 0 Å². The second-order valence-corrected chi connectivity index (χ2v) is 8.33. The molecule has 4 rings (SSSR count). The predicted octanol–water partition coefficient (Wildman–Crippen LogP) is 0.990. The molecule has 0 unspecified atom stereocenters. The van der Waals surface area contributed by atoms with Crippen molar-refractivity contribution in [3.63, 3.8) is 0 Å². The molecule has 8 nitrogen and oxygen atoms in total. The Kier molecular flexibility index (Phi) is 6.15. The molecule has 2 fully saturated rings. The minimum Gasteiger partial charge on any atom is -0.386 e. The van der Waals surface area contributed by atoms with Crippen molar-refractivity contribution in [1.82, 2.24) is 20.2 Å². The number of carbonyl (C=O) groups excluding carboxylic acids is 1. The summed E-state index contributed by atoms with van der Waals surface area (Å²) in [5.41, 5.74) is 0.772. The van der Waals surface area contributed by atoms with Crippen LogP contribution in [0, 0.1) is 0 Å². The fourth-order valence-electron chi connectivity index (χ4n) is 4.14. The van der Waals surface area contributed by atoms with Crippen molar-refractivity contribution in [2.45, 2.75) is 18.4 Å². The molecule has 2 saturated heterocycles. The topological polar surface area (TPSA) is 84.8 Å². The van der Waals surface area contributed by atoms with Crippen LogP contribution in [0.4, 0.5) is 11.5 Å². The number of piperazine rings is 1. The first-order valence-corrected chi connectivity index (χ1v) is 10.6. The zero-order chi connectivity index (χ0) is 21.0. The lowest BCUT2D eigenvalue weighted by Crippen LogP contribution is -2.54. The summed E-state index contributed by atoms with van der Waals surface area (Å²) >= 11 is 0. The van der Waals surface area contributed by atoms with Crippen LogP contribution in [0.3, 0.4) is 0 Å². The van der Waals surface area contributed by atoms with Crippen molar-refractivity contribution in [2.24, 2.45) is 0 Å². The summed E-state index contributed by atoms with van der Waals surface area (Å²) in [5.74, 6) is 0.589. The average Bonchev–Trinajstić information content (AvgIpc) is 2.79. The van der Waals surface area contributed by atoms with Crippen molar-refractivity contribution in [1.29, 1.82) is 0 Å². The number of benzene rings is 1. The highest BCUT2D eigenvalue weighted by molar-refractivity contribution is 5.94. The summed E-state index contributed by atoms with van der Waals surface area (Å²) < 4.78 is 0. The highest BCUT2D eigenvalue weighted by Crippen LogP contribution is 2.24. The van der Waals surface area contributed by atoms with E-state index in [1.54, 1.807) is 18.6 Å². The summed E-state index contributed by atoms with van der Waals surface area (Å²) in [6.07, 6.45) is 6.47. The maximum atomic E-state index is 12.6. The van der Waals surface area contributed by atoms with Gasteiger partial charge in [0, 0.05) is 69.5 Å². The first kappa shape index (κ1) is 20.6. The van der Waals surface area contributed by atoms with E-state index in [-0.39, 0.29) is 12.5 Å². The van der Waals surface area contributed by atoms with Gasteiger partial charge in [-0.15, -0.1) is 0 Å². The fourth-order valence-corrected chi connectivity index (χ4v) is 4.14. The van der Waals surface area contributed by atoms with E-state index in [9.17, 15) is 9.90 Å². The second kappa shape index (κ2) is 8.97. The number of anilines is 2. The average molecular weight is 411 g/mol. The Balaban J connectivity index is 1.32. The molecule has 2 aliphatic rings. The minimum absolute atomic E-state index is 0.162. The van der Waals surface area contributed by atoms with Crippen LogP contribution in [0.5, 0.6) is 0 Å². The lowest BCUT2D eigenvalue weighted by molar-refractivity contribution is 0.0254. The van der Waals surface area contributed by atoms with E-state index in [1.807, 2.05) is 29.2 Å². The molecule has 0 aliphatic carbocycles. The summed E-state index contributed by atoms with van der Waals surface area (Å²) in [7, 11) is 2.14. The van der Waals surface area contributed by atoms with Crippen LogP contribution < -0.4 is 15.1 Å². The number of nitrogens with zero attached hydrogens (tertiary/aromatic N) is 5. The summed E-state index contributed by atoms with van der Waals surface area (Å²) in [5, 5.41) is 13.9. The van der Waals surface area contributed by atoms with Crippen LogP contribution >= 0.6 is 0 Å². The number of nitrogens with one attached hydrogen (secondary N) is 1. The minimum atomic E-state index is -0.981. The van der Waals surface area contributed by atoms with Gasteiger partial charge in [0.2, 0.25) is 0 Å². The van der Waals surface area contributed by atoms with Gasteiger partial charge in [-0.2, -0.15) is 0 Å². The molecule has 1 amide bonds. The van der Waals surface area contributed by atoms with Crippen LogP contribution in [0.2, 0.25) is 0 Å². The molecule has 3 heterocycles. The lowest BCUT2D eigenvalue weighted by atomic mass is 9.92. The Bertz CT molecular complexity index is 838. The fraction of sp³-hybridized carbons (Fsp3) is 0.500. The van der Waals surface area contributed by atoms with Crippen LogP contribution in [0.15, 0.2) is 42.9 Å². The van der Waals surface area contributed by atoms with Gasteiger partial charge in [0.25, 0.3) is 5.91 Å². The van der Waals surface area contributed by atoms with Gasteiger partial charge >= 0.3 is 0 Å². The molecule has 1 atom stereocenters. The molecular formula is C22H30N6O2. The van der Waals surface area contributed by atoms with E-state index < -0.39 is 5.60 Å². The Morgan fingerprint density at radius 3 is 2.57 bits per heavy atom. The Morgan fingerprint density at radius 2 is 1.87 bits per heavy atom. The maximum Gasteiger partial charge on any atom is 0.251 e.